The van der Waals surface area contributed by atoms with E-state index in [-0.39, 0.29) is 5.43 Å². The van der Waals surface area contributed by atoms with Gasteiger partial charge >= 0.3 is 0 Å². The zero-order chi connectivity index (χ0) is 13.5. The lowest BCUT2D eigenvalue weighted by Gasteiger charge is -1.97. The lowest BCUT2D eigenvalue weighted by Crippen LogP contribution is -2.00. The Morgan fingerprint density at radius 3 is 2.50 bits per heavy atom. The van der Waals surface area contributed by atoms with Crippen molar-refractivity contribution in [2.75, 3.05) is 0 Å². The maximum absolute atomic E-state index is 12.4. The molecule has 0 unspecified atom stereocenters. The van der Waals surface area contributed by atoms with E-state index in [1.807, 2.05) is 42.5 Å². The fourth-order valence-corrected chi connectivity index (χ4v) is 2.29. The zero-order valence-corrected chi connectivity index (χ0v) is 10.5. The average Bonchev–Trinajstić information content (AvgIpc) is 2.93. The standard InChI is InChI=1S/C16H10N2O2/c19-15-12-8-4-5-9-14(12)20-16-13(15)10-18(17-16)11-6-2-1-3-7-11/h1-10H. The highest BCUT2D eigenvalue weighted by atomic mass is 16.3. The number of hydrogen-bond acceptors (Lipinski definition) is 3. The van der Waals surface area contributed by atoms with Crippen molar-refractivity contribution in [3.8, 4) is 5.69 Å². The van der Waals surface area contributed by atoms with Crippen LogP contribution in [0.15, 0.2) is 70.0 Å². The second-order valence-corrected chi connectivity index (χ2v) is 4.56. The highest BCUT2D eigenvalue weighted by Gasteiger charge is 2.11. The molecule has 0 fully saturated rings. The quantitative estimate of drug-likeness (QED) is 0.529. The molecule has 20 heavy (non-hydrogen) atoms. The molecule has 4 aromatic rings. The second-order valence-electron chi connectivity index (χ2n) is 4.56. The Morgan fingerprint density at radius 1 is 0.900 bits per heavy atom. The van der Waals surface area contributed by atoms with E-state index in [0.29, 0.717) is 22.1 Å². The van der Waals surface area contributed by atoms with Crippen molar-refractivity contribution in [2.24, 2.45) is 0 Å². The third-order valence-electron chi connectivity index (χ3n) is 3.28. The van der Waals surface area contributed by atoms with Crippen LogP contribution < -0.4 is 5.43 Å². The fraction of sp³-hybridized carbons (Fsp3) is 0. The average molecular weight is 262 g/mol. The van der Waals surface area contributed by atoms with E-state index in [0.717, 1.165) is 5.69 Å². The predicted octanol–water partition coefficient (Wildman–Crippen LogP) is 3.13. The molecule has 0 saturated carbocycles. The summed E-state index contributed by atoms with van der Waals surface area (Å²) < 4.78 is 7.36. The highest BCUT2D eigenvalue weighted by molar-refractivity contribution is 5.87. The van der Waals surface area contributed by atoms with Gasteiger partial charge in [-0.3, -0.25) is 4.79 Å². The molecule has 0 radical (unpaired) electrons. The smallest absolute Gasteiger partial charge is 0.250 e. The Labute approximate surface area is 113 Å². The summed E-state index contributed by atoms with van der Waals surface area (Å²) in [5.74, 6) is 0. The largest absolute Gasteiger partial charge is 0.436 e. The minimum atomic E-state index is -0.0518. The third-order valence-corrected chi connectivity index (χ3v) is 3.28. The van der Waals surface area contributed by atoms with Crippen molar-refractivity contribution in [3.63, 3.8) is 0 Å². The number of para-hydroxylation sites is 2. The molecule has 0 spiro atoms. The van der Waals surface area contributed by atoms with Crippen molar-refractivity contribution in [1.29, 1.82) is 0 Å². The molecular formula is C16H10N2O2. The Morgan fingerprint density at radius 2 is 1.65 bits per heavy atom. The van der Waals surface area contributed by atoms with Gasteiger partial charge in [0.1, 0.15) is 11.0 Å². The Bertz CT molecular complexity index is 968. The number of fused-ring (bicyclic) bond motifs is 2. The highest BCUT2D eigenvalue weighted by Crippen LogP contribution is 2.18. The predicted molar refractivity (Wildman–Crippen MR) is 77.1 cm³/mol. The lowest BCUT2D eigenvalue weighted by atomic mass is 10.2. The van der Waals surface area contributed by atoms with E-state index in [1.165, 1.54) is 0 Å². The van der Waals surface area contributed by atoms with Crippen molar-refractivity contribution >= 4 is 22.1 Å². The van der Waals surface area contributed by atoms with Crippen LogP contribution in [0.3, 0.4) is 0 Å². The Balaban J connectivity index is 2.07. The minimum Gasteiger partial charge on any atom is -0.436 e. The van der Waals surface area contributed by atoms with E-state index >= 15 is 0 Å². The van der Waals surface area contributed by atoms with Gasteiger partial charge < -0.3 is 4.42 Å². The number of benzene rings is 2. The summed E-state index contributed by atoms with van der Waals surface area (Å²) in [5.41, 5.74) is 1.76. The van der Waals surface area contributed by atoms with Gasteiger partial charge in [0.25, 0.3) is 0 Å². The van der Waals surface area contributed by atoms with Gasteiger partial charge in [-0.1, -0.05) is 30.3 Å². The lowest BCUT2D eigenvalue weighted by molar-refractivity contribution is 0.635. The van der Waals surface area contributed by atoms with Crippen molar-refractivity contribution < 1.29 is 4.42 Å². The molecular weight excluding hydrogens is 252 g/mol. The Kier molecular flexibility index (Phi) is 2.23. The van der Waals surface area contributed by atoms with E-state index < -0.39 is 0 Å². The minimum absolute atomic E-state index is 0.0518. The maximum atomic E-state index is 12.4. The van der Waals surface area contributed by atoms with E-state index in [9.17, 15) is 4.79 Å². The summed E-state index contributed by atoms with van der Waals surface area (Å²) in [5, 5.41) is 5.41. The van der Waals surface area contributed by atoms with E-state index in [2.05, 4.69) is 5.10 Å². The van der Waals surface area contributed by atoms with Crippen LogP contribution in [0.2, 0.25) is 0 Å². The molecule has 0 atom stereocenters. The third kappa shape index (κ3) is 1.55. The summed E-state index contributed by atoms with van der Waals surface area (Å²) in [4.78, 5) is 12.4. The SMILES string of the molecule is O=c1c2ccccc2oc2nn(-c3ccccc3)cc12. The summed E-state index contributed by atoms with van der Waals surface area (Å²) in [6.45, 7) is 0. The summed E-state index contributed by atoms with van der Waals surface area (Å²) in [6, 6.07) is 16.8. The number of nitrogens with zero attached hydrogens (tertiary/aromatic N) is 2. The molecule has 2 aromatic carbocycles. The van der Waals surface area contributed by atoms with Gasteiger partial charge in [-0.25, -0.2) is 4.68 Å². The van der Waals surface area contributed by atoms with E-state index in [4.69, 9.17) is 4.42 Å². The number of hydrogen-bond donors (Lipinski definition) is 0. The van der Waals surface area contributed by atoms with Crippen LogP contribution in [-0.2, 0) is 0 Å². The van der Waals surface area contributed by atoms with Crippen molar-refractivity contribution in [2.45, 2.75) is 0 Å². The summed E-state index contributed by atoms with van der Waals surface area (Å²) in [7, 11) is 0. The molecule has 0 saturated heterocycles. The van der Waals surface area contributed by atoms with Gasteiger partial charge in [-0.15, -0.1) is 5.10 Å². The zero-order valence-electron chi connectivity index (χ0n) is 10.5. The molecule has 0 aliphatic rings. The van der Waals surface area contributed by atoms with Crippen molar-refractivity contribution in [3.05, 3.63) is 71.0 Å². The first-order valence-corrected chi connectivity index (χ1v) is 6.29. The molecule has 2 heterocycles. The normalized spacial score (nSPS) is 11.2. The molecule has 96 valence electrons. The van der Waals surface area contributed by atoms with Gasteiger partial charge in [0.05, 0.1) is 11.1 Å². The van der Waals surface area contributed by atoms with Gasteiger partial charge in [0.15, 0.2) is 0 Å². The monoisotopic (exact) mass is 262 g/mol. The Hall–Kier alpha value is -2.88. The molecule has 2 aromatic heterocycles. The molecule has 4 rings (SSSR count). The van der Waals surface area contributed by atoms with Gasteiger partial charge in [-0.05, 0) is 24.3 Å². The van der Waals surface area contributed by atoms with Crippen LogP contribution in [0.25, 0.3) is 27.8 Å². The van der Waals surface area contributed by atoms with Crippen LogP contribution in [0.5, 0.6) is 0 Å². The maximum Gasteiger partial charge on any atom is 0.250 e. The van der Waals surface area contributed by atoms with E-state index in [1.54, 1.807) is 23.0 Å². The molecule has 4 nitrogen and oxygen atoms in total. The number of rotatable bonds is 1. The van der Waals surface area contributed by atoms with Crippen LogP contribution in [0, 0.1) is 0 Å². The fourth-order valence-electron chi connectivity index (χ4n) is 2.29. The number of aromatic nitrogens is 2. The first-order chi connectivity index (χ1) is 9.83. The second kappa shape index (κ2) is 4.06. The van der Waals surface area contributed by atoms with Gasteiger partial charge in [0.2, 0.25) is 11.1 Å². The molecule has 4 heteroatoms. The van der Waals surface area contributed by atoms with Crippen LogP contribution in [0.1, 0.15) is 0 Å². The molecule has 0 amide bonds. The topological polar surface area (TPSA) is 48.0 Å². The van der Waals surface area contributed by atoms with Crippen LogP contribution in [0.4, 0.5) is 0 Å². The molecule has 0 N–H and O–H groups in total. The molecule has 0 aliphatic carbocycles. The first-order valence-electron chi connectivity index (χ1n) is 6.29. The summed E-state index contributed by atoms with van der Waals surface area (Å²) >= 11 is 0. The van der Waals surface area contributed by atoms with Gasteiger partial charge in [0, 0.05) is 6.20 Å². The van der Waals surface area contributed by atoms with Crippen molar-refractivity contribution in [1.82, 2.24) is 9.78 Å². The summed E-state index contributed by atoms with van der Waals surface area (Å²) in [6.07, 6.45) is 1.71. The molecule has 0 aliphatic heterocycles. The van der Waals surface area contributed by atoms with Crippen LogP contribution >= 0.6 is 0 Å². The molecule has 0 bridgehead atoms. The van der Waals surface area contributed by atoms with Gasteiger partial charge in [-0.2, -0.15) is 0 Å². The first kappa shape index (κ1) is 11.0. The van der Waals surface area contributed by atoms with Crippen LogP contribution in [-0.4, -0.2) is 9.78 Å².